The first-order chi connectivity index (χ1) is 8.42. The Labute approximate surface area is 108 Å². The SMILES string of the molecule is CSCCC(NC(N)=O)C(=O)N[C@@H](CO)C(=O)O. The monoisotopic (exact) mass is 279 g/mol. The molecule has 0 spiro atoms. The fourth-order valence-corrected chi connectivity index (χ4v) is 1.61. The summed E-state index contributed by atoms with van der Waals surface area (Å²) in [6, 6.07) is -3.18. The zero-order valence-corrected chi connectivity index (χ0v) is 10.7. The number of carbonyl (C=O) groups excluding carboxylic acids is 2. The third-order valence-corrected chi connectivity index (χ3v) is 2.68. The molecule has 0 rings (SSSR count). The van der Waals surface area contributed by atoms with E-state index in [-0.39, 0.29) is 0 Å². The third-order valence-electron chi connectivity index (χ3n) is 2.04. The molecule has 8 nitrogen and oxygen atoms in total. The van der Waals surface area contributed by atoms with Crippen LogP contribution in [0.5, 0.6) is 0 Å². The molecule has 0 bridgehead atoms. The first-order valence-electron chi connectivity index (χ1n) is 5.11. The molecule has 0 saturated heterocycles. The van der Waals surface area contributed by atoms with E-state index in [9.17, 15) is 14.4 Å². The lowest BCUT2D eigenvalue weighted by Crippen LogP contribution is -2.53. The third kappa shape index (κ3) is 6.30. The molecule has 0 aliphatic rings. The van der Waals surface area contributed by atoms with Crippen molar-refractivity contribution in [1.82, 2.24) is 10.6 Å². The van der Waals surface area contributed by atoms with E-state index in [1.165, 1.54) is 11.8 Å². The van der Waals surface area contributed by atoms with Crippen LogP contribution in [0.4, 0.5) is 4.79 Å². The minimum atomic E-state index is -1.40. The zero-order valence-electron chi connectivity index (χ0n) is 9.88. The van der Waals surface area contributed by atoms with Crippen LogP contribution in [0.15, 0.2) is 0 Å². The fraction of sp³-hybridized carbons (Fsp3) is 0.667. The minimum absolute atomic E-state index is 0.313. The van der Waals surface area contributed by atoms with Crippen LogP contribution in [0.1, 0.15) is 6.42 Å². The number of aliphatic carboxylic acids is 1. The summed E-state index contributed by atoms with van der Waals surface area (Å²) in [6.45, 7) is -0.729. The first kappa shape index (κ1) is 16.5. The van der Waals surface area contributed by atoms with Gasteiger partial charge in [-0.1, -0.05) is 0 Å². The highest BCUT2D eigenvalue weighted by Gasteiger charge is 2.25. The average molecular weight is 279 g/mol. The molecule has 0 aromatic heterocycles. The number of primary amides is 1. The second-order valence-corrected chi connectivity index (χ2v) is 4.41. The Morgan fingerprint density at radius 2 is 1.89 bits per heavy atom. The number of hydrogen-bond donors (Lipinski definition) is 5. The summed E-state index contributed by atoms with van der Waals surface area (Å²) in [4.78, 5) is 33.1. The van der Waals surface area contributed by atoms with Crippen LogP contribution < -0.4 is 16.4 Å². The minimum Gasteiger partial charge on any atom is -0.480 e. The smallest absolute Gasteiger partial charge is 0.328 e. The molecule has 0 saturated carbocycles. The topological polar surface area (TPSA) is 142 Å². The second-order valence-electron chi connectivity index (χ2n) is 3.42. The van der Waals surface area contributed by atoms with Gasteiger partial charge >= 0.3 is 12.0 Å². The van der Waals surface area contributed by atoms with Crippen molar-refractivity contribution in [3.63, 3.8) is 0 Å². The predicted octanol–water partition coefficient (Wildman–Crippen LogP) is -1.66. The Balaban J connectivity index is 4.52. The highest BCUT2D eigenvalue weighted by Crippen LogP contribution is 2.01. The van der Waals surface area contributed by atoms with E-state index >= 15 is 0 Å². The summed E-state index contributed by atoms with van der Waals surface area (Å²) in [5, 5.41) is 21.8. The molecule has 18 heavy (non-hydrogen) atoms. The summed E-state index contributed by atoms with van der Waals surface area (Å²) in [5.74, 6) is -1.45. The lowest BCUT2D eigenvalue weighted by Gasteiger charge is -2.19. The van der Waals surface area contributed by atoms with Gasteiger partial charge in [0, 0.05) is 0 Å². The number of hydrogen-bond acceptors (Lipinski definition) is 5. The molecule has 0 heterocycles. The summed E-state index contributed by atoms with van der Waals surface area (Å²) in [5.41, 5.74) is 4.92. The maximum Gasteiger partial charge on any atom is 0.328 e. The second kappa shape index (κ2) is 8.59. The van der Waals surface area contributed by atoms with Crippen molar-refractivity contribution in [2.24, 2.45) is 5.73 Å². The van der Waals surface area contributed by atoms with Crippen molar-refractivity contribution in [2.45, 2.75) is 18.5 Å². The van der Waals surface area contributed by atoms with Crippen LogP contribution in [0.3, 0.4) is 0 Å². The summed E-state index contributed by atoms with van der Waals surface area (Å²) in [7, 11) is 0. The van der Waals surface area contributed by atoms with Crippen molar-refractivity contribution in [1.29, 1.82) is 0 Å². The quantitative estimate of drug-likeness (QED) is 0.360. The van der Waals surface area contributed by atoms with Gasteiger partial charge in [-0.05, 0) is 18.4 Å². The van der Waals surface area contributed by atoms with Gasteiger partial charge in [0.2, 0.25) is 5.91 Å². The Bertz CT molecular complexity index is 313. The molecule has 0 radical (unpaired) electrons. The lowest BCUT2D eigenvalue weighted by atomic mass is 10.2. The molecule has 104 valence electrons. The lowest BCUT2D eigenvalue weighted by molar-refractivity contribution is -0.143. The summed E-state index contributed by atoms with van der Waals surface area (Å²) >= 11 is 1.47. The molecular weight excluding hydrogens is 262 g/mol. The number of carbonyl (C=O) groups is 3. The van der Waals surface area contributed by atoms with Crippen LogP contribution in [0.2, 0.25) is 0 Å². The van der Waals surface area contributed by atoms with E-state index in [2.05, 4.69) is 10.6 Å². The van der Waals surface area contributed by atoms with Crippen molar-refractivity contribution in [3.8, 4) is 0 Å². The van der Waals surface area contributed by atoms with Gasteiger partial charge in [0.1, 0.15) is 12.1 Å². The Hall–Kier alpha value is -1.48. The number of rotatable bonds is 8. The Morgan fingerprint density at radius 1 is 1.28 bits per heavy atom. The van der Waals surface area contributed by atoms with Crippen LogP contribution in [-0.4, -0.2) is 58.8 Å². The Kier molecular flexibility index (Phi) is 7.88. The molecule has 1 unspecified atom stereocenters. The van der Waals surface area contributed by atoms with E-state index in [0.29, 0.717) is 12.2 Å². The van der Waals surface area contributed by atoms with E-state index in [1.54, 1.807) is 0 Å². The van der Waals surface area contributed by atoms with Crippen molar-refractivity contribution in [2.75, 3.05) is 18.6 Å². The number of nitrogens with two attached hydrogens (primary N) is 1. The highest BCUT2D eigenvalue weighted by atomic mass is 32.2. The molecule has 0 aromatic carbocycles. The van der Waals surface area contributed by atoms with Crippen LogP contribution in [0, 0.1) is 0 Å². The van der Waals surface area contributed by atoms with Crippen LogP contribution >= 0.6 is 11.8 Å². The van der Waals surface area contributed by atoms with E-state index in [0.717, 1.165) is 0 Å². The van der Waals surface area contributed by atoms with Crippen molar-refractivity contribution < 1.29 is 24.6 Å². The number of amides is 3. The summed E-state index contributed by atoms with van der Waals surface area (Å²) in [6.07, 6.45) is 2.14. The van der Waals surface area contributed by atoms with E-state index < -0.39 is 36.6 Å². The standard InChI is InChI=1S/C9H17N3O5S/c1-18-3-2-5(12-9(10)17)7(14)11-6(4-13)8(15)16/h5-6,13H,2-4H2,1H3,(H,11,14)(H,15,16)(H3,10,12,17)/t5?,6-/m0/s1. The maximum absolute atomic E-state index is 11.7. The van der Waals surface area contributed by atoms with Gasteiger partial charge in [0.15, 0.2) is 0 Å². The molecule has 3 amide bonds. The Morgan fingerprint density at radius 3 is 2.28 bits per heavy atom. The molecule has 9 heteroatoms. The molecule has 6 N–H and O–H groups in total. The van der Waals surface area contributed by atoms with Gasteiger partial charge in [-0.25, -0.2) is 9.59 Å². The molecule has 0 aliphatic heterocycles. The maximum atomic E-state index is 11.7. The van der Waals surface area contributed by atoms with Gasteiger partial charge in [0.25, 0.3) is 0 Å². The van der Waals surface area contributed by atoms with Crippen molar-refractivity contribution >= 4 is 29.7 Å². The molecule has 0 aromatic rings. The predicted molar refractivity (Wildman–Crippen MR) is 66.2 cm³/mol. The molecule has 0 aliphatic carbocycles. The van der Waals surface area contributed by atoms with Crippen LogP contribution in [0.25, 0.3) is 0 Å². The van der Waals surface area contributed by atoms with Crippen LogP contribution in [-0.2, 0) is 9.59 Å². The number of urea groups is 1. The highest BCUT2D eigenvalue weighted by molar-refractivity contribution is 7.98. The average Bonchev–Trinajstić information content (AvgIpc) is 2.30. The molecule has 2 atom stereocenters. The first-order valence-corrected chi connectivity index (χ1v) is 6.50. The van der Waals surface area contributed by atoms with Gasteiger partial charge in [0.05, 0.1) is 6.61 Å². The normalized spacial score (nSPS) is 13.4. The number of aliphatic hydroxyl groups excluding tert-OH is 1. The van der Waals surface area contributed by atoms with Gasteiger partial charge in [-0.15, -0.1) is 0 Å². The van der Waals surface area contributed by atoms with Gasteiger partial charge < -0.3 is 26.6 Å². The molecule has 0 fully saturated rings. The number of nitrogens with one attached hydrogen (secondary N) is 2. The van der Waals surface area contributed by atoms with E-state index in [1.807, 2.05) is 6.26 Å². The van der Waals surface area contributed by atoms with E-state index in [4.69, 9.17) is 15.9 Å². The zero-order chi connectivity index (χ0) is 14.1. The molecular formula is C9H17N3O5S. The number of carboxylic acid groups (broad SMARTS) is 1. The van der Waals surface area contributed by atoms with Gasteiger partial charge in [-0.3, -0.25) is 4.79 Å². The number of thioether (sulfide) groups is 1. The fourth-order valence-electron chi connectivity index (χ4n) is 1.13. The summed E-state index contributed by atoms with van der Waals surface area (Å²) < 4.78 is 0. The largest absolute Gasteiger partial charge is 0.480 e. The number of carboxylic acids is 1. The number of aliphatic hydroxyl groups is 1. The van der Waals surface area contributed by atoms with Crippen molar-refractivity contribution in [3.05, 3.63) is 0 Å². The van der Waals surface area contributed by atoms with Gasteiger partial charge in [-0.2, -0.15) is 11.8 Å².